The van der Waals surface area contributed by atoms with Gasteiger partial charge in [0.15, 0.2) is 0 Å². The average Bonchev–Trinajstić information content (AvgIpc) is 2.41. The number of para-hydroxylation sites is 1. The third-order valence-corrected chi connectivity index (χ3v) is 4.40. The summed E-state index contributed by atoms with van der Waals surface area (Å²) >= 11 is 6.94. The van der Waals surface area contributed by atoms with Crippen LogP contribution in [0.1, 0.15) is 17.2 Å². The van der Waals surface area contributed by atoms with Gasteiger partial charge in [0.1, 0.15) is 6.04 Å². The topological polar surface area (TPSA) is 35.8 Å². The summed E-state index contributed by atoms with van der Waals surface area (Å²) in [6, 6.07) is 15.6. The van der Waals surface area contributed by atoms with Gasteiger partial charge in [0.25, 0.3) is 0 Å². The van der Waals surface area contributed by atoms with E-state index in [1.807, 2.05) is 49.4 Å². The Morgan fingerprint density at radius 1 is 1.11 bits per heavy atom. The number of nitrogens with one attached hydrogen (secondary N) is 1. The lowest BCUT2D eigenvalue weighted by molar-refractivity contribution is 0.991. The Kier molecular flexibility index (Phi) is 4.62. The average molecular weight is 380 g/mol. The second-order valence-corrected chi connectivity index (χ2v) is 5.90. The predicted octanol–water partition coefficient (Wildman–Crippen LogP) is 5.20. The number of rotatable bonds is 3. The summed E-state index contributed by atoms with van der Waals surface area (Å²) in [4.78, 5) is 0. The molecule has 0 aliphatic rings. The maximum atomic E-state index is 9.35. The van der Waals surface area contributed by atoms with Gasteiger partial charge in [0, 0.05) is 14.6 Å². The summed E-state index contributed by atoms with van der Waals surface area (Å²) in [5, 5.41) is 12.6. The molecule has 0 aliphatic carbocycles. The van der Waals surface area contributed by atoms with Gasteiger partial charge in [0.2, 0.25) is 0 Å². The molecule has 0 aromatic heterocycles. The molecule has 0 spiro atoms. The van der Waals surface area contributed by atoms with Crippen LogP contribution in [-0.4, -0.2) is 0 Å². The molecular formula is C15H12Br2N2. The number of halogens is 2. The Balaban J connectivity index is 2.28. The van der Waals surface area contributed by atoms with E-state index in [1.54, 1.807) is 0 Å². The molecule has 0 saturated heterocycles. The first-order chi connectivity index (χ1) is 9.11. The van der Waals surface area contributed by atoms with Gasteiger partial charge in [-0.25, -0.2) is 0 Å². The van der Waals surface area contributed by atoms with Gasteiger partial charge in [0.05, 0.1) is 6.07 Å². The Morgan fingerprint density at radius 3 is 2.47 bits per heavy atom. The number of hydrogen-bond donors (Lipinski definition) is 1. The molecule has 2 aromatic rings. The molecule has 0 bridgehead atoms. The van der Waals surface area contributed by atoms with Crippen molar-refractivity contribution in [2.24, 2.45) is 0 Å². The lowest BCUT2D eigenvalue weighted by atomic mass is 10.1. The fourth-order valence-corrected chi connectivity index (χ4v) is 2.42. The number of nitrogens with zero attached hydrogens (tertiary/aromatic N) is 1. The van der Waals surface area contributed by atoms with Crippen LogP contribution in [0.15, 0.2) is 51.4 Å². The Hall–Kier alpha value is -1.31. The van der Waals surface area contributed by atoms with Crippen molar-refractivity contribution in [1.29, 1.82) is 5.26 Å². The standard InChI is InChI=1S/C15H12Br2N2/c1-10-8-11(6-7-12(10)16)15(9-18)19-14-5-3-2-4-13(14)17/h2-8,15,19H,1H3. The monoisotopic (exact) mass is 378 g/mol. The number of nitriles is 1. The van der Waals surface area contributed by atoms with E-state index < -0.39 is 0 Å². The second-order valence-electron chi connectivity index (χ2n) is 4.19. The fraction of sp³-hybridized carbons (Fsp3) is 0.133. The molecule has 2 nitrogen and oxygen atoms in total. The van der Waals surface area contributed by atoms with Gasteiger partial charge >= 0.3 is 0 Å². The number of hydrogen-bond acceptors (Lipinski definition) is 2. The van der Waals surface area contributed by atoms with Crippen LogP contribution < -0.4 is 5.32 Å². The minimum absolute atomic E-state index is 0.370. The zero-order valence-corrected chi connectivity index (χ0v) is 13.5. The highest BCUT2D eigenvalue weighted by Gasteiger charge is 2.12. The SMILES string of the molecule is Cc1cc(C(C#N)Nc2ccccc2Br)ccc1Br. The largest absolute Gasteiger partial charge is 0.365 e. The van der Waals surface area contributed by atoms with E-state index in [1.165, 1.54) is 0 Å². The molecule has 0 radical (unpaired) electrons. The first kappa shape index (κ1) is 14.1. The number of benzene rings is 2. The quantitative estimate of drug-likeness (QED) is 0.795. The first-order valence-electron chi connectivity index (χ1n) is 5.78. The molecule has 1 unspecified atom stereocenters. The van der Waals surface area contributed by atoms with Crippen LogP contribution in [0.25, 0.3) is 0 Å². The summed E-state index contributed by atoms with van der Waals surface area (Å²) in [6.07, 6.45) is 0. The van der Waals surface area contributed by atoms with Gasteiger partial charge in [-0.1, -0.05) is 40.2 Å². The molecule has 19 heavy (non-hydrogen) atoms. The van der Waals surface area contributed by atoms with Crippen molar-refractivity contribution in [3.05, 3.63) is 62.5 Å². The molecule has 1 N–H and O–H groups in total. The lowest BCUT2D eigenvalue weighted by Gasteiger charge is -2.15. The first-order valence-corrected chi connectivity index (χ1v) is 7.37. The van der Waals surface area contributed by atoms with E-state index in [0.717, 1.165) is 25.8 Å². The van der Waals surface area contributed by atoms with E-state index >= 15 is 0 Å². The summed E-state index contributed by atoms with van der Waals surface area (Å²) in [7, 11) is 0. The Labute approximate surface area is 129 Å². The second kappa shape index (κ2) is 6.23. The summed E-state index contributed by atoms with van der Waals surface area (Å²) in [5.74, 6) is 0. The number of anilines is 1. The minimum Gasteiger partial charge on any atom is -0.365 e. The van der Waals surface area contributed by atoms with Crippen molar-refractivity contribution in [2.75, 3.05) is 5.32 Å². The molecule has 0 heterocycles. The smallest absolute Gasteiger partial charge is 0.140 e. The minimum atomic E-state index is -0.370. The molecule has 0 amide bonds. The van der Waals surface area contributed by atoms with Gasteiger partial charge in [-0.2, -0.15) is 5.26 Å². The predicted molar refractivity (Wildman–Crippen MR) is 85.0 cm³/mol. The van der Waals surface area contributed by atoms with E-state index in [0.29, 0.717) is 0 Å². The van der Waals surface area contributed by atoms with Gasteiger partial charge < -0.3 is 5.32 Å². The van der Waals surface area contributed by atoms with E-state index in [4.69, 9.17) is 0 Å². The fourth-order valence-electron chi connectivity index (χ4n) is 1.77. The maximum absolute atomic E-state index is 9.35. The molecule has 2 aromatic carbocycles. The molecule has 96 valence electrons. The van der Waals surface area contributed by atoms with Crippen LogP contribution in [0.3, 0.4) is 0 Å². The van der Waals surface area contributed by atoms with Crippen molar-refractivity contribution in [1.82, 2.24) is 0 Å². The van der Waals surface area contributed by atoms with Crippen molar-refractivity contribution < 1.29 is 0 Å². The van der Waals surface area contributed by atoms with Gasteiger partial charge in [-0.15, -0.1) is 0 Å². The normalized spacial score (nSPS) is 11.7. The Bertz CT molecular complexity index is 632. The van der Waals surface area contributed by atoms with Crippen molar-refractivity contribution in [3.8, 4) is 6.07 Å². The molecule has 0 fully saturated rings. The molecular weight excluding hydrogens is 368 g/mol. The lowest BCUT2D eigenvalue weighted by Crippen LogP contribution is -2.09. The third-order valence-electron chi connectivity index (χ3n) is 2.82. The van der Waals surface area contributed by atoms with Crippen LogP contribution >= 0.6 is 31.9 Å². The van der Waals surface area contributed by atoms with E-state index in [-0.39, 0.29) is 6.04 Å². The Morgan fingerprint density at radius 2 is 1.84 bits per heavy atom. The van der Waals surface area contributed by atoms with E-state index in [9.17, 15) is 5.26 Å². The summed E-state index contributed by atoms with van der Waals surface area (Å²) < 4.78 is 2.00. The van der Waals surface area contributed by atoms with Crippen LogP contribution in [0, 0.1) is 18.3 Å². The van der Waals surface area contributed by atoms with Crippen molar-refractivity contribution in [3.63, 3.8) is 0 Å². The van der Waals surface area contributed by atoms with E-state index in [2.05, 4.69) is 43.2 Å². The third kappa shape index (κ3) is 3.37. The molecule has 0 saturated carbocycles. The number of aryl methyl sites for hydroxylation is 1. The van der Waals surface area contributed by atoms with Crippen LogP contribution in [0.2, 0.25) is 0 Å². The maximum Gasteiger partial charge on any atom is 0.140 e. The van der Waals surface area contributed by atoms with Crippen LogP contribution in [-0.2, 0) is 0 Å². The highest BCUT2D eigenvalue weighted by atomic mass is 79.9. The van der Waals surface area contributed by atoms with Crippen LogP contribution in [0.5, 0.6) is 0 Å². The van der Waals surface area contributed by atoms with Crippen molar-refractivity contribution in [2.45, 2.75) is 13.0 Å². The molecule has 1 atom stereocenters. The van der Waals surface area contributed by atoms with Gasteiger partial charge in [-0.3, -0.25) is 0 Å². The zero-order valence-electron chi connectivity index (χ0n) is 10.3. The van der Waals surface area contributed by atoms with Crippen LogP contribution in [0.4, 0.5) is 5.69 Å². The summed E-state index contributed by atoms with van der Waals surface area (Å²) in [5.41, 5.74) is 2.99. The summed E-state index contributed by atoms with van der Waals surface area (Å²) in [6.45, 7) is 2.01. The zero-order chi connectivity index (χ0) is 13.8. The van der Waals surface area contributed by atoms with Crippen molar-refractivity contribution >= 4 is 37.5 Å². The highest BCUT2D eigenvalue weighted by molar-refractivity contribution is 9.10. The molecule has 2 rings (SSSR count). The molecule has 4 heteroatoms. The van der Waals surface area contributed by atoms with Gasteiger partial charge in [-0.05, 0) is 52.2 Å². The highest BCUT2D eigenvalue weighted by Crippen LogP contribution is 2.27. The molecule has 0 aliphatic heterocycles.